The topological polar surface area (TPSA) is 121 Å². The number of H-pyrrole nitrogens is 1. The standard InChI is InChI=1S/C34H38F2N8O3/c1-20-13-25-23(16-38-42-25)26-22(20)7-3-4-12-46-32(45)41-33(2)8-5-10-43(18-33)30-24-15-37-29(26)27(36)28(24)39-31(40-30)47-19-34-9-6-11-44(34)17-21(35)14-34/h3,7,13,15-16,21H,4-6,8-12,14,17-19H2,1-2H3,(H,38,42)(H,41,45)/b7-3-/t21-,33-,34+/m1/s1. The maximum absolute atomic E-state index is 17.1. The van der Waals surface area contributed by atoms with Gasteiger partial charge in [0, 0.05) is 43.2 Å². The number of hydrogen-bond donors (Lipinski definition) is 2. The third kappa shape index (κ3) is 5.24. The number of amides is 1. The van der Waals surface area contributed by atoms with Crippen LogP contribution in [0.25, 0.3) is 39.1 Å². The molecule has 3 aromatic heterocycles. The lowest BCUT2D eigenvalue weighted by Gasteiger charge is -2.41. The molecule has 1 aromatic carbocycles. The van der Waals surface area contributed by atoms with E-state index in [-0.39, 0.29) is 30.4 Å². The van der Waals surface area contributed by atoms with Gasteiger partial charge in [-0.2, -0.15) is 15.1 Å². The van der Waals surface area contributed by atoms with Crippen molar-refractivity contribution in [3.8, 4) is 17.3 Å². The van der Waals surface area contributed by atoms with E-state index in [9.17, 15) is 9.18 Å². The average molecular weight is 645 g/mol. The molecule has 11 nitrogen and oxygen atoms in total. The predicted octanol–water partition coefficient (Wildman–Crippen LogP) is 5.47. The number of pyridine rings is 1. The molecule has 0 radical (unpaired) electrons. The highest BCUT2D eigenvalue weighted by atomic mass is 19.1. The molecule has 0 spiro atoms. The van der Waals surface area contributed by atoms with Gasteiger partial charge in [-0.25, -0.2) is 13.6 Å². The molecule has 13 heteroatoms. The maximum Gasteiger partial charge on any atom is 0.407 e. The summed E-state index contributed by atoms with van der Waals surface area (Å²) in [6.45, 7) is 6.60. The Labute approximate surface area is 270 Å². The monoisotopic (exact) mass is 644 g/mol. The van der Waals surface area contributed by atoms with Gasteiger partial charge in [0.05, 0.1) is 34.8 Å². The Balaban J connectivity index is 1.31. The highest BCUT2D eigenvalue weighted by molar-refractivity contribution is 6.01. The van der Waals surface area contributed by atoms with Gasteiger partial charge in [-0.05, 0) is 69.7 Å². The number of carbonyl (C=O) groups excluding carboxylic acids is 1. The van der Waals surface area contributed by atoms with Crippen LogP contribution in [-0.4, -0.2) is 92.8 Å². The van der Waals surface area contributed by atoms with Crippen LogP contribution in [0.3, 0.4) is 0 Å². The molecule has 4 aromatic rings. The fourth-order valence-electron chi connectivity index (χ4n) is 8.09. The molecule has 2 N–H and O–H groups in total. The SMILES string of the molecule is Cc1cc2[nH]ncc2c2c1/C=C\CCOC(=O)N[C@]1(C)CCCN(C1)c1nc(OC[C@@]34CCCN3C[C@H](F)C4)nc3c(F)c-2ncc13. The molecule has 47 heavy (non-hydrogen) atoms. The Morgan fingerprint density at radius 3 is 2.94 bits per heavy atom. The van der Waals surface area contributed by atoms with Crippen molar-refractivity contribution in [2.75, 3.05) is 44.3 Å². The zero-order valence-corrected chi connectivity index (χ0v) is 26.6. The van der Waals surface area contributed by atoms with E-state index in [4.69, 9.17) is 19.4 Å². The summed E-state index contributed by atoms with van der Waals surface area (Å²) in [5.41, 5.74) is 2.20. The first-order chi connectivity index (χ1) is 22.7. The third-order valence-corrected chi connectivity index (χ3v) is 10.3. The van der Waals surface area contributed by atoms with Crippen molar-refractivity contribution in [1.29, 1.82) is 0 Å². The lowest BCUT2D eigenvalue weighted by Crippen LogP contribution is -2.57. The second-order valence-corrected chi connectivity index (χ2v) is 13.7. The van der Waals surface area contributed by atoms with Crippen molar-refractivity contribution < 1.29 is 23.0 Å². The van der Waals surface area contributed by atoms with Gasteiger partial charge in [0.25, 0.3) is 0 Å². The highest BCUT2D eigenvalue weighted by Crippen LogP contribution is 2.42. The van der Waals surface area contributed by atoms with Gasteiger partial charge in [-0.3, -0.25) is 15.0 Å². The molecule has 0 saturated carbocycles. The molecule has 3 saturated heterocycles. The Morgan fingerprint density at radius 2 is 2.04 bits per heavy atom. The number of alkyl halides is 1. The van der Waals surface area contributed by atoms with Crippen molar-refractivity contribution >= 4 is 39.8 Å². The number of aromatic nitrogens is 5. The first-order valence-corrected chi connectivity index (χ1v) is 16.4. The smallest absolute Gasteiger partial charge is 0.407 e. The van der Waals surface area contributed by atoms with E-state index in [1.165, 1.54) is 0 Å². The second kappa shape index (κ2) is 11.4. The Hall–Kier alpha value is -4.39. The van der Waals surface area contributed by atoms with Gasteiger partial charge in [0.2, 0.25) is 0 Å². The number of nitrogens with one attached hydrogen (secondary N) is 2. The van der Waals surface area contributed by atoms with Crippen LogP contribution in [0.2, 0.25) is 0 Å². The van der Waals surface area contributed by atoms with Crippen LogP contribution >= 0.6 is 0 Å². The molecular formula is C34H38F2N8O3. The number of fused-ring (bicyclic) bond motifs is 8. The summed E-state index contributed by atoms with van der Waals surface area (Å²) < 4.78 is 43.5. The van der Waals surface area contributed by atoms with Crippen molar-refractivity contribution in [2.45, 2.75) is 69.6 Å². The van der Waals surface area contributed by atoms with Gasteiger partial charge in [-0.15, -0.1) is 0 Å². The van der Waals surface area contributed by atoms with E-state index in [0.29, 0.717) is 49.2 Å². The molecule has 0 unspecified atom stereocenters. The number of halogens is 2. The van der Waals surface area contributed by atoms with E-state index >= 15 is 4.39 Å². The van der Waals surface area contributed by atoms with Crippen molar-refractivity contribution in [3.63, 3.8) is 0 Å². The van der Waals surface area contributed by atoms with Gasteiger partial charge >= 0.3 is 12.1 Å². The van der Waals surface area contributed by atoms with Crippen LogP contribution in [0.4, 0.5) is 19.4 Å². The Kier molecular flexibility index (Phi) is 7.27. The molecule has 3 fully saturated rings. The number of hydrogen-bond acceptors (Lipinski definition) is 9. The number of aryl methyl sites for hydroxylation is 1. The highest BCUT2D eigenvalue weighted by Gasteiger charge is 2.49. The normalized spacial score (nSPS) is 27.1. The molecule has 5 aliphatic heterocycles. The first-order valence-electron chi connectivity index (χ1n) is 16.4. The number of ether oxygens (including phenoxy) is 2. The van der Waals surface area contributed by atoms with E-state index in [2.05, 4.69) is 25.4 Å². The van der Waals surface area contributed by atoms with Crippen LogP contribution in [0, 0.1) is 12.7 Å². The molecule has 0 aliphatic carbocycles. The fourth-order valence-corrected chi connectivity index (χ4v) is 8.09. The largest absolute Gasteiger partial charge is 0.461 e. The molecule has 6 bridgehead atoms. The van der Waals surface area contributed by atoms with Crippen molar-refractivity contribution in [1.82, 2.24) is 35.4 Å². The van der Waals surface area contributed by atoms with E-state index < -0.39 is 29.2 Å². The van der Waals surface area contributed by atoms with E-state index in [0.717, 1.165) is 54.3 Å². The first kappa shape index (κ1) is 30.0. The number of aromatic amines is 1. The Bertz CT molecular complexity index is 1920. The fraction of sp³-hybridized carbons (Fsp3) is 0.500. The number of alkyl carbamates (subject to hydrolysis) is 1. The van der Waals surface area contributed by atoms with Crippen LogP contribution in [0.15, 0.2) is 24.5 Å². The molecule has 5 aliphatic rings. The summed E-state index contributed by atoms with van der Waals surface area (Å²) in [5.74, 6) is -0.119. The number of nitrogens with zero attached hydrogens (tertiary/aromatic N) is 6. The van der Waals surface area contributed by atoms with Crippen molar-refractivity contribution in [2.24, 2.45) is 0 Å². The minimum absolute atomic E-state index is 0.0301. The number of rotatable bonds is 3. The molecular weight excluding hydrogens is 606 g/mol. The summed E-state index contributed by atoms with van der Waals surface area (Å²) in [6.07, 6.45) is 9.89. The summed E-state index contributed by atoms with van der Waals surface area (Å²) >= 11 is 0. The Morgan fingerprint density at radius 1 is 1.17 bits per heavy atom. The van der Waals surface area contributed by atoms with Crippen molar-refractivity contribution in [3.05, 3.63) is 41.5 Å². The maximum atomic E-state index is 17.1. The molecule has 1 amide bonds. The average Bonchev–Trinajstić information content (AvgIpc) is 3.73. The van der Waals surface area contributed by atoms with E-state index in [1.54, 1.807) is 12.4 Å². The number of anilines is 1. The second-order valence-electron chi connectivity index (χ2n) is 13.7. The number of carbonyl (C=O) groups is 1. The summed E-state index contributed by atoms with van der Waals surface area (Å²) in [4.78, 5) is 31.3. The zero-order chi connectivity index (χ0) is 32.3. The van der Waals surface area contributed by atoms with Crippen LogP contribution in [0.5, 0.6) is 6.01 Å². The molecule has 3 atom stereocenters. The van der Waals surface area contributed by atoms with Crippen LogP contribution in [0.1, 0.15) is 56.6 Å². The molecule has 246 valence electrons. The molecule has 9 rings (SSSR count). The quantitative estimate of drug-likeness (QED) is 0.299. The number of benzene rings is 1. The van der Waals surface area contributed by atoms with Gasteiger partial charge in [-0.1, -0.05) is 12.2 Å². The molecule has 8 heterocycles. The van der Waals surface area contributed by atoms with Gasteiger partial charge < -0.3 is 19.7 Å². The van der Waals surface area contributed by atoms with Crippen LogP contribution < -0.4 is 15.0 Å². The summed E-state index contributed by atoms with van der Waals surface area (Å²) in [7, 11) is 0. The zero-order valence-electron chi connectivity index (χ0n) is 26.6. The van der Waals surface area contributed by atoms with E-state index in [1.807, 2.05) is 37.0 Å². The number of piperidine rings is 1. The minimum atomic E-state index is -0.906. The minimum Gasteiger partial charge on any atom is -0.461 e. The summed E-state index contributed by atoms with van der Waals surface area (Å²) in [6, 6.07) is 2.00. The third-order valence-electron chi connectivity index (χ3n) is 10.3. The van der Waals surface area contributed by atoms with Gasteiger partial charge in [0.15, 0.2) is 5.82 Å². The summed E-state index contributed by atoms with van der Waals surface area (Å²) in [5, 5.41) is 11.5. The van der Waals surface area contributed by atoms with Gasteiger partial charge in [0.1, 0.15) is 29.8 Å². The lowest BCUT2D eigenvalue weighted by atomic mass is 9.91. The van der Waals surface area contributed by atoms with Crippen LogP contribution in [-0.2, 0) is 4.74 Å². The lowest BCUT2D eigenvalue weighted by molar-refractivity contribution is 0.107. The predicted molar refractivity (Wildman–Crippen MR) is 174 cm³/mol.